The Morgan fingerprint density at radius 1 is 1.37 bits per heavy atom. The number of fused-ring (bicyclic) bond motifs is 1. The molecule has 1 aromatic heterocycles. The van der Waals surface area contributed by atoms with Crippen LogP contribution in [0.15, 0.2) is 30.5 Å². The predicted molar refractivity (Wildman–Crippen MR) is 78.4 cm³/mol. The standard InChI is InChI=1S/C15H19N3O/c1-19-10-9-18(11-4-5-11)14-7-6-13(16)12-3-2-8-17-15(12)14/h2-3,6-8,11H,4-5,9-10,16H2,1H3. The average molecular weight is 257 g/mol. The summed E-state index contributed by atoms with van der Waals surface area (Å²) < 4.78 is 5.22. The molecule has 2 N–H and O–H groups in total. The van der Waals surface area contributed by atoms with Crippen LogP contribution in [0.25, 0.3) is 10.9 Å². The Hall–Kier alpha value is -1.81. The number of pyridine rings is 1. The lowest BCUT2D eigenvalue weighted by molar-refractivity contribution is 0.205. The highest BCUT2D eigenvalue weighted by Crippen LogP contribution is 2.36. The molecule has 1 aliphatic rings. The van der Waals surface area contributed by atoms with Gasteiger partial charge in [-0.25, -0.2) is 0 Å². The number of aromatic nitrogens is 1. The first-order valence-corrected chi connectivity index (χ1v) is 6.70. The van der Waals surface area contributed by atoms with E-state index in [0.717, 1.165) is 29.7 Å². The van der Waals surface area contributed by atoms with Gasteiger partial charge in [-0.1, -0.05) is 0 Å². The fourth-order valence-corrected chi connectivity index (χ4v) is 2.49. The molecule has 100 valence electrons. The lowest BCUT2D eigenvalue weighted by Gasteiger charge is -2.25. The van der Waals surface area contributed by atoms with Crippen molar-refractivity contribution in [2.75, 3.05) is 30.9 Å². The lowest BCUT2D eigenvalue weighted by Crippen LogP contribution is -2.29. The molecule has 1 fully saturated rings. The predicted octanol–water partition coefficient (Wildman–Crippen LogP) is 2.43. The number of methoxy groups -OCH3 is 1. The highest BCUT2D eigenvalue weighted by atomic mass is 16.5. The van der Waals surface area contributed by atoms with E-state index >= 15 is 0 Å². The summed E-state index contributed by atoms with van der Waals surface area (Å²) in [6.07, 6.45) is 4.33. The van der Waals surface area contributed by atoms with E-state index in [9.17, 15) is 0 Å². The van der Waals surface area contributed by atoms with E-state index in [4.69, 9.17) is 10.5 Å². The summed E-state index contributed by atoms with van der Waals surface area (Å²) in [7, 11) is 1.74. The highest BCUT2D eigenvalue weighted by molar-refractivity contribution is 5.98. The summed E-state index contributed by atoms with van der Waals surface area (Å²) in [5, 5.41) is 1.03. The van der Waals surface area contributed by atoms with Gasteiger partial charge in [0.2, 0.25) is 0 Å². The maximum absolute atomic E-state index is 6.03. The molecule has 2 aromatic rings. The summed E-state index contributed by atoms with van der Waals surface area (Å²) >= 11 is 0. The Morgan fingerprint density at radius 3 is 2.95 bits per heavy atom. The van der Waals surface area contributed by atoms with Gasteiger partial charge < -0.3 is 15.4 Å². The third-order valence-corrected chi connectivity index (χ3v) is 3.62. The molecule has 19 heavy (non-hydrogen) atoms. The Bertz CT molecular complexity index is 581. The molecule has 1 heterocycles. The van der Waals surface area contributed by atoms with E-state index in [2.05, 4.69) is 16.0 Å². The summed E-state index contributed by atoms with van der Waals surface area (Å²) in [4.78, 5) is 6.92. The van der Waals surface area contributed by atoms with E-state index in [1.165, 1.54) is 18.5 Å². The molecular formula is C15H19N3O. The minimum Gasteiger partial charge on any atom is -0.398 e. The molecule has 0 spiro atoms. The molecule has 0 atom stereocenters. The molecule has 1 aliphatic carbocycles. The summed E-state index contributed by atoms with van der Waals surface area (Å²) in [6.45, 7) is 1.63. The minimum absolute atomic E-state index is 0.629. The minimum atomic E-state index is 0.629. The molecule has 0 unspecified atom stereocenters. The van der Waals surface area contributed by atoms with Gasteiger partial charge >= 0.3 is 0 Å². The number of nitrogens with zero attached hydrogens (tertiary/aromatic N) is 2. The molecule has 0 radical (unpaired) electrons. The van der Waals surface area contributed by atoms with Crippen LogP contribution in [0.4, 0.5) is 11.4 Å². The van der Waals surface area contributed by atoms with Crippen molar-refractivity contribution in [3.8, 4) is 0 Å². The summed E-state index contributed by atoms with van der Waals surface area (Å²) in [6, 6.07) is 8.64. The molecule has 0 bridgehead atoms. The molecule has 0 saturated heterocycles. The summed E-state index contributed by atoms with van der Waals surface area (Å²) in [5.41, 5.74) is 8.98. The lowest BCUT2D eigenvalue weighted by atomic mass is 10.1. The Morgan fingerprint density at radius 2 is 2.21 bits per heavy atom. The first-order valence-electron chi connectivity index (χ1n) is 6.70. The van der Waals surface area contributed by atoms with Crippen LogP contribution in [-0.2, 0) is 4.74 Å². The van der Waals surface area contributed by atoms with Gasteiger partial charge in [0.25, 0.3) is 0 Å². The van der Waals surface area contributed by atoms with Crippen molar-refractivity contribution in [2.45, 2.75) is 18.9 Å². The molecular weight excluding hydrogens is 238 g/mol. The fraction of sp³-hybridized carbons (Fsp3) is 0.400. The molecule has 1 aromatic carbocycles. The van der Waals surface area contributed by atoms with Crippen molar-refractivity contribution in [1.82, 2.24) is 4.98 Å². The van der Waals surface area contributed by atoms with Crippen molar-refractivity contribution in [2.24, 2.45) is 0 Å². The second-order valence-electron chi connectivity index (χ2n) is 4.99. The first kappa shape index (κ1) is 12.2. The Kier molecular flexibility index (Phi) is 3.25. The van der Waals surface area contributed by atoms with Gasteiger partial charge in [-0.3, -0.25) is 4.98 Å². The zero-order chi connectivity index (χ0) is 13.2. The number of hydrogen-bond acceptors (Lipinski definition) is 4. The third kappa shape index (κ3) is 2.36. The van der Waals surface area contributed by atoms with Crippen LogP contribution in [0.3, 0.4) is 0 Å². The SMILES string of the molecule is COCCN(c1ccc(N)c2cccnc12)C1CC1. The fourth-order valence-electron chi connectivity index (χ4n) is 2.49. The Labute approximate surface area is 113 Å². The van der Waals surface area contributed by atoms with Gasteiger partial charge in [0.05, 0.1) is 17.8 Å². The van der Waals surface area contributed by atoms with Crippen molar-refractivity contribution < 1.29 is 4.74 Å². The first-order chi connectivity index (χ1) is 9.31. The normalized spacial score (nSPS) is 14.8. The number of benzene rings is 1. The number of nitrogen functional groups attached to an aromatic ring is 1. The van der Waals surface area contributed by atoms with Gasteiger partial charge in [-0.2, -0.15) is 0 Å². The second kappa shape index (κ2) is 5.05. The van der Waals surface area contributed by atoms with Gasteiger partial charge in [-0.05, 0) is 37.1 Å². The van der Waals surface area contributed by atoms with Crippen LogP contribution in [0.2, 0.25) is 0 Å². The highest BCUT2D eigenvalue weighted by Gasteiger charge is 2.30. The van der Waals surface area contributed by atoms with Gasteiger partial charge in [0.1, 0.15) is 0 Å². The van der Waals surface area contributed by atoms with Crippen molar-refractivity contribution in [1.29, 1.82) is 0 Å². The molecule has 4 nitrogen and oxygen atoms in total. The monoisotopic (exact) mass is 257 g/mol. The van der Waals surface area contributed by atoms with E-state index in [0.29, 0.717) is 6.04 Å². The smallest absolute Gasteiger partial charge is 0.0956 e. The van der Waals surface area contributed by atoms with Crippen molar-refractivity contribution in [3.05, 3.63) is 30.5 Å². The summed E-state index contributed by atoms with van der Waals surface area (Å²) in [5.74, 6) is 0. The van der Waals surface area contributed by atoms with E-state index in [1.807, 2.05) is 24.4 Å². The molecule has 1 saturated carbocycles. The van der Waals surface area contributed by atoms with Crippen molar-refractivity contribution in [3.63, 3.8) is 0 Å². The van der Waals surface area contributed by atoms with E-state index in [1.54, 1.807) is 7.11 Å². The van der Waals surface area contributed by atoms with Crippen LogP contribution >= 0.6 is 0 Å². The number of hydrogen-bond donors (Lipinski definition) is 1. The van der Waals surface area contributed by atoms with Gasteiger partial charge in [-0.15, -0.1) is 0 Å². The molecule has 4 heteroatoms. The maximum Gasteiger partial charge on any atom is 0.0956 e. The molecule has 0 aliphatic heterocycles. The van der Waals surface area contributed by atoms with E-state index in [-0.39, 0.29) is 0 Å². The zero-order valence-electron chi connectivity index (χ0n) is 11.2. The van der Waals surface area contributed by atoms with Gasteiger partial charge in [0, 0.05) is 37.0 Å². The number of anilines is 2. The van der Waals surface area contributed by atoms with Crippen LogP contribution in [0, 0.1) is 0 Å². The zero-order valence-corrected chi connectivity index (χ0v) is 11.2. The number of nitrogens with two attached hydrogens (primary N) is 1. The maximum atomic E-state index is 6.03. The van der Waals surface area contributed by atoms with Crippen LogP contribution < -0.4 is 10.6 Å². The second-order valence-corrected chi connectivity index (χ2v) is 4.99. The largest absolute Gasteiger partial charge is 0.398 e. The number of rotatable bonds is 5. The average Bonchev–Trinajstić information content (AvgIpc) is 3.26. The van der Waals surface area contributed by atoms with Crippen LogP contribution in [0.5, 0.6) is 0 Å². The van der Waals surface area contributed by atoms with Crippen molar-refractivity contribution >= 4 is 22.3 Å². The molecule has 0 amide bonds. The van der Waals surface area contributed by atoms with E-state index < -0.39 is 0 Å². The van der Waals surface area contributed by atoms with Crippen LogP contribution in [0.1, 0.15) is 12.8 Å². The molecule has 3 rings (SSSR count). The Balaban J connectivity index is 2.05. The quantitative estimate of drug-likeness (QED) is 0.836. The topological polar surface area (TPSA) is 51.4 Å². The van der Waals surface area contributed by atoms with Crippen LogP contribution in [-0.4, -0.2) is 31.3 Å². The third-order valence-electron chi connectivity index (χ3n) is 3.62. The number of ether oxygens (including phenoxy) is 1. The van der Waals surface area contributed by atoms with Gasteiger partial charge in [0.15, 0.2) is 0 Å².